The van der Waals surface area contributed by atoms with E-state index in [1.54, 1.807) is 12.1 Å². The van der Waals surface area contributed by atoms with Gasteiger partial charge in [-0.15, -0.1) is 0 Å². The molecule has 0 aliphatic carbocycles. The summed E-state index contributed by atoms with van der Waals surface area (Å²) in [7, 11) is 0. The molecule has 0 bridgehead atoms. The molecule has 116 valence electrons. The molecule has 1 heterocycles. The van der Waals surface area contributed by atoms with Gasteiger partial charge in [-0.25, -0.2) is 4.39 Å². The fraction of sp³-hybridized carbons (Fsp3) is 0.611. The number of hydrogen-bond acceptors (Lipinski definition) is 1. The Labute approximate surface area is 127 Å². The van der Waals surface area contributed by atoms with Gasteiger partial charge in [0.1, 0.15) is 5.82 Å². The summed E-state index contributed by atoms with van der Waals surface area (Å²) in [4.78, 5) is 14.4. The SMILES string of the molecule is CC(C)(C)C(=O)N1CCC[C@H](CCc2cccc(F)c2)C1. The predicted octanol–water partition coefficient (Wildman–Crippen LogP) is 4.04. The summed E-state index contributed by atoms with van der Waals surface area (Å²) in [5.74, 6) is 0.618. The molecule has 0 aromatic heterocycles. The third-order valence-corrected chi connectivity index (χ3v) is 4.18. The van der Waals surface area contributed by atoms with Crippen LogP contribution in [0.1, 0.15) is 45.6 Å². The van der Waals surface area contributed by atoms with Crippen LogP contribution >= 0.6 is 0 Å². The number of halogens is 1. The van der Waals surface area contributed by atoms with Crippen molar-refractivity contribution in [2.75, 3.05) is 13.1 Å². The minimum Gasteiger partial charge on any atom is -0.342 e. The molecule has 2 rings (SSSR count). The number of likely N-dealkylation sites (tertiary alicyclic amines) is 1. The van der Waals surface area contributed by atoms with Crippen LogP contribution in [0.4, 0.5) is 4.39 Å². The lowest BCUT2D eigenvalue weighted by Gasteiger charge is -2.36. The van der Waals surface area contributed by atoms with Gasteiger partial charge in [0.2, 0.25) is 5.91 Å². The zero-order valence-electron chi connectivity index (χ0n) is 13.4. The van der Waals surface area contributed by atoms with Crippen molar-refractivity contribution in [2.24, 2.45) is 11.3 Å². The largest absolute Gasteiger partial charge is 0.342 e. The topological polar surface area (TPSA) is 20.3 Å². The standard InChI is InChI=1S/C18H26FNO/c1-18(2,3)17(21)20-11-5-7-15(13-20)10-9-14-6-4-8-16(19)12-14/h4,6,8,12,15H,5,7,9-11,13H2,1-3H3/t15-/m1/s1. The number of benzene rings is 1. The number of amides is 1. The van der Waals surface area contributed by atoms with Crippen molar-refractivity contribution in [1.82, 2.24) is 4.90 Å². The predicted molar refractivity (Wildman–Crippen MR) is 83.5 cm³/mol. The van der Waals surface area contributed by atoms with Crippen molar-refractivity contribution in [1.29, 1.82) is 0 Å². The number of carbonyl (C=O) groups is 1. The minimum absolute atomic E-state index is 0.166. The van der Waals surface area contributed by atoms with Gasteiger partial charge in [0.25, 0.3) is 0 Å². The van der Waals surface area contributed by atoms with E-state index in [1.165, 1.54) is 12.5 Å². The van der Waals surface area contributed by atoms with Crippen molar-refractivity contribution >= 4 is 5.91 Å². The van der Waals surface area contributed by atoms with Gasteiger partial charge in [-0.3, -0.25) is 4.79 Å². The smallest absolute Gasteiger partial charge is 0.227 e. The Morgan fingerprint density at radius 2 is 2.14 bits per heavy atom. The third-order valence-electron chi connectivity index (χ3n) is 4.18. The van der Waals surface area contributed by atoms with Gasteiger partial charge in [-0.05, 0) is 49.3 Å². The molecule has 1 aliphatic rings. The molecule has 0 unspecified atom stereocenters. The van der Waals surface area contributed by atoms with Crippen LogP contribution in [0.15, 0.2) is 24.3 Å². The van der Waals surface area contributed by atoms with E-state index in [2.05, 4.69) is 0 Å². The highest BCUT2D eigenvalue weighted by Gasteiger charge is 2.30. The van der Waals surface area contributed by atoms with Gasteiger partial charge >= 0.3 is 0 Å². The third kappa shape index (κ3) is 4.55. The molecule has 3 heteroatoms. The number of hydrogen-bond donors (Lipinski definition) is 0. The quantitative estimate of drug-likeness (QED) is 0.823. The molecular weight excluding hydrogens is 265 g/mol. The molecule has 0 spiro atoms. The fourth-order valence-electron chi connectivity index (χ4n) is 3.02. The molecule has 1 aliphatic heterocycles. The van der Waals surface area contributed by atoms with E-state index < -0.39 is 0 Å². The molecule has 1 fully saturated rings. The summed E-state index contributed by atoms with van der Waals surface area (Å²) in [6.07, 6.45) is 4.16. The molecular formula is C18H26FNO. The lowest BCUT2D eigenvalue weighted by molar-refractivity contribution is -0.141. The molecule has 1 saturated heterocycles. The Kier molecular flexibility index (Phi) is 5.02. The number of nitrogens with zero attached hydrogens (tertiary/aromatic N) is 1. The highest BCUT2D eigenvalue weighted by molar-refractivity contribution is 5.81. The molecule has 0 N–H and O–H groups in total. The van der Waals surface area contributed by atoms with E-state index in [1.807, 2.05) is 31.7 Å². The number of piperidine rings is 1. The second-order valence-corrected chi connectivity index (χ2v) is 7.18. The monoisotopic (exact) mass is 291 g/mol. The Bertz CT molecular complexity index is 492. The van der Waals surface area contributed by atoms with Crippen molar-refractivity contribution in [3.63, 3.8) is 0 Å². The Hall–Kier alpha value is -1.38. The number of rotatable bonds is 3. The van der Waals surface area contributed by atoms with Crippen LogP contribution < -0.4 is 0 Å². The number of carbonyl (C=O) groups excluding carboxylic acids is 1. The molecule has 1 amide bonds. The average molecular weight is 291 g/mol. The van der Waals surface area contributed by atoms with Crippen LogP contribution in [0.3, 0.4) is 0 Å². The van der Waals surface area contributed by atoms with Gasteiger partial charge in [0.15, 0.2) is 0 Å². The average Bonchev–Trinajstić information content (AvgIpc) is 2.44. The van der Waals surface area contributed by atoms with Crippen molar-refractivity contribution in [2.45, 2.75) is 46.5 Å². The lowest BCUT2D eigenvalue weighted by atomic mass is 9.88. The zero-order chi connectivity index (χ0) is 15.5. The number of aryl methyl sites for hydroxylation is 1. The maximum Gasteiger partial charge on any atom is 0.227 e. The van der Waals surface area contributed by atoms with E-state index in [-0.39, 0.29) is 17.1 Å². The van der Waals surface area contributed by atoms with Crippen LogP contribution in [0.5, 0.6) is 0 Å². The van der Waals surface area contributed by atoms with Crippen LogP contribution in [0, 0.1) is 17.2 Å². The summed E-state index contributed by atoms with van der Waals surface area (Å²) >= 11 is 0. The summed E-state index contributed by atoms with van der Waals surface area (Å²) in [5.41, 5.74) is 0.749. The van der Waals surface area contributed by atoms with Gasteiger partial charge in [0.05, 0.1) is 0 Å². The molecule has 2 nitrogen and oxygen atoms in total. The molecule has 1 atom stereocenters. The Morgan fingerprint density at radius 3 is 2.81 bits per heavy atom. The van der Waals surface area contributed by atoms with Crippen LogP contribution in [-0.2, 0) is 11.2 Å². The van der Waals surface area contributed by atoms with Crippen LogP contribution in [-0.4, -0.2) is 23.9 Å². The highest BCUT2D eigenvalue weighted by atomic mass is 19.1. The fourth-order valence-corrected chi connectivity index (χ4v) is 3.02. The second-order valence-electron chi connectivity index (χ2n) is 7.18. The van der Waals surface area contributed by atoms with Crippen molar-refractivity contribution in [3.05, 3.63) is 35.6 Å². The zero-order valence-corrected chi connectivity index (χ0v) is 13.4. The van der Waals surface area contributed by atoms with Crippen molar-refractivity contribution < 1.29 is 9.18 Å². The van der Waals surface area contributed by atoms with Gasteiger partial charge in [0, 0.05) is 18.5 Å². The maximum absolute atomic E-state index is 13.2. The summed E-state index contributed by atoms with van der Waals surface area (Å²) < 4.78 is 13.2. The first-order valence-electron chi connectivity index (χ1n) is 7.90. The minimum atomic E-state index is -0.301. The first-order chi connectivity index (χ1) is 9.86. The molecule has 1 aromatic rings. The lowest BCUT2D eigenvalue weighted by Crippen LogP contribution is -2.45. The van der Waals surface area contributed by atoms with E-state index in [9.17, 15) is 9.18 Å². The molecule has 21 heavy (non-hydrogen) atoms. The summed E-state index contributed by atoms with van der Waals surface area (Å²) in [5, 5.41) is 0. The summed E-state index contributed by atoms with van der Waals surface area (Å²) in [6, 6.07) is 6.83. The van der Waals surface area contributed by atoms with Gasteiger partial charge in [-0.2, -0.15) is 0 Å². The molecule has 0 radical (unpaired) electrons. The van der Waals surface area contributed by atoms with E-state index in [4.69, 9.17) is 0 Å². The van der Waals surface area contributed by atoms with E-state index >= 15 is 0 Å². The maximum atomic E-state index is 13.2. The Morgan fingerprint density at radius 1 is 1.38 bits per heavy atom. The first kappa shape index (κ1) is 16.0. The van der Waals surface area contributed by atoms with Gasteiger partial charge in [-0.1, -0.05) is 32.9 Å². The second kappa shape index (κ2) is 6.59. The molecule has 0 saturated carbocycles. The first-order valence-corrected chi connectivity index (χ1v) is 7.90. The van der Waals surface area contributed by atoms with E-state index in [0.29, 0.717) is 5.92 Å². The Balaban J connectivity index is 1.88. The normalized spacial score (nSPS) is 19.6. The molecule has 1 aromatic carbocycles. The highest BCUT2D eigenvalue weighted by Crippen LogP contribution is 2.26. The van der Waals surface area contributed by atoms with Crippen molar-refractivity contribution in [3.8, 4) is 0 Å². The van der Waals surface area contributed by atoms with Gasteiger partial charge < -0.3 is 4.90 Å². The van der Waals surface area contributed by atoms with Crippen LogP contribution in [0.2, 0.25) is 0 Å². The van der Waals surface area contributed by atoms with Crippen LogP contribution in [0.25, 0.3) is 0 Å². The van der Waals surface area contributed by atoms with E-state index in [0.717, 1.165) is 37.9 Å². The summed E-state index contributed by atoms with van der Waals surface area (Å²) in [6.45, 7) is 7.67.